The highest BCUT2D eigenvalue weighted by molar-refractivity contribution is 5.36. The van der Waals surface area contributed by atoms with Gasteiger partial charge in [0, 0.05) is 12.3 Å². The van der Waals surface area contributed by atoms with Crippen molar-refractivity contribution in [2.75, 3.05) is 6.61 Å². The smallest absolute Gasteiger partial charge is 0.124 e. The number of hydrogen-bond acceptors (Lipinski definition) is 3. The lowest BCUT2D eigenvalue weighted by Crippen LogP contribution is -2.42. The minimum absolute atomic E-state index is 0.143. The predicted octanol–water partition coefficient (Wildman–Crippen LogP) is 3.07. The van der Waals surface area contributed by atoms with Crippen LogP contribution in [0.2, 0.25) is 0 Å². The first-order valence-corrected chi connectivity index (χ1v) is 6.70. The van der Waals surface area contributed by atoms with E-state index < -0.39 is 5.60 Å². The van der Waals surface area contributed by atoms with Gasteiger partial charge in [-0.25, -0.2) is 0 Å². The Bertz CT molecular complexity index is 583. The molecule has 0 fully saturated rings. The van der Waals surface area contributed by atoms with Crippen molar-refractivity contribution in [3.05, 3.63) is 53.6 Å². The number of ether oxygens (including phenoxy) is 1. The zero-order chi connectivity index (χ0) is 14.6. The van der Waals surface area contributed by atoms with Crippen molar-refractivity contribution in [2.24, 2.45) is 5.92 Å². The van der Waals surface area contributed by atoms with E-state index in [2.05, 4.69) is 6.07 Å². The molecule has 20 heavy (non-hydrogen) atoms. The summed E-state index contributed by atoms with van der Waals surface area (Å²) < 4.78 is 5.79. The van der Waals surface area contributed by atoms with Crippen LogP contribution in [0.15, 0.2) is 42.5 Å². The van der Waals surface area contributed by atoms with Crippen LogP contribution in [0.1, 0.15) is 17.5 Å². The largest absolute Gasteiger partial charge is 0.490 e. The lowest BCUT2D eigenvalue weighted by atomic mass is 9.82. The van der Waals surface area contributed by atoms with E-state index in [-0.39, 0.29) is 18.9 Å². The van der Waals surface area contributed by atoms with E-state index in [0.717, 1.165) is 16.9 Å². The quantitative estimate of drug-likeness (QED) is 0.914. The fourth-order valence-corrected chi connectivity index (χ4v) is 2.27. The van der Waals surface area contributed by atoms with Crippen molar-refractivity contribution in [1.82, 2.24) is 0 Å². The molecule has 1 N–H and O–H groups in total. The van der Waals surface area contributed by atoms with E-state index in [0.29, 0.717) is 0 Å². The summed E-state index contributed by atoms with van der Waals surface area (Å²) in [7, 11) is 0. The van der Waals surface area contributed by atoms with Crippen molar-refractivity contribution in [1.29, 1.82) is 5.26 Å². The minimum Gasteiger partial charge on any atom is -0.490 e. The molecule has 2 rings (SSSR count). The molecule has 0 aliphatic heterocycles. The summed E-state index contributed by atoms with van der Waals surface area (Å²) in [6.07, 6.45) is 7.48. The SMILES string of the molecule is Cc1ccc(C)c(OCC2(O)C=CC=CC2CC#N)c1. The van der Waals surface area contributed by atoms with Gasteiger partial charge in [-0.05, 0) is 37.1 Å². The van der Waals surface area contributed by atoms with Crippen molar-refractivity contribution in [3.63, 3.8) is 0 Å². The third-order valence-corrected chi connectivity index (χ3v) is 3.60. The number of hydrogen-bond donors (Lipinski definition) is 1. The molecule has 104 valence electrons. The Labute approximate surface area is 119 Å². The first-order valence-electron chi connectivity index (χ1n) is 6.70. The Kier molecular flexibility index (Phi) is 4.26. The minimum atomic E-state index is -1.12. The molecule has 2 atom stereocenters. The van der Waals surface area contributed by atoms with Gasteiger partial charge in [0.15, 0.2) is 0 Å². The van der Waals surface area contributed by atoms with Crippen LogP contribution in [0.3, 0.4) is 0 Å². The van der Waals surface area contributed by atoms with Crippen molar-refractivity contribution < 1.29 is 9.84 Å². The predicted molar refractivity (Wildman–Crippen MR) is 78.4 cm³/mol. The molecule has 1 aromatic rings. The second kappa shape index (κ2) is 5.94. The van der Waals surface area contributed by atoms with Gasteiger partial charge in [-0.3, -0.25) is 0 Å². The summed E-state index contributed by atoms with van der Waals surface area (Å²) in [5.74, 6) is 0.541. The Morgan fingerprint density at radius 3 is 2.90 bits per heavy atom. The lowest BCUT2D eigenvalue weighted by Gasteiger charge is -2.32. The molecule has 0 spiro atoms. The Morgan fingerprint density at radius 2 is 2.15 bits per heavy atom. The average molecular weight is 269 g/mol. The topological polar surface area (TPSA) is 53.2 Å². The fraction of sp³-hybridized carbons (Fsp3) is 0.353. The first kappa shape index (κ1) is 14.4. The molecular formula is C17H19NO2. The van der Waals surface area contributed by atoms with Crippen LogP contribution in [0.5, 0.6) is 5.75 Å². The molecule has 0 bridgehead atoms. The van der Waals surface area contributed by atoms with Crippen LogP contribution < -0.4 is 4.74 Å². The number of benzene rings is 1. The van der Waals surface area contributed by atoms with Crippen molar-refractivity contribution in [2.45, 2.75) is 25.9 Å². The molecule has 1 aromatic carbocycles. The van der Waals surface area contributed by atoms with E-state index in [1.165, 1.54) is 0 Å². The lowest BCUT2D eigenvalue weighted by molar-refractivity contribution is 0.00288. The van der Waals surface area contributed by atoms with Crippen LogP contribution in [0.25, 0.3) is 0 Å². The molecule has 3 nitrogen and oxygen atoms in total. The molecule has 0 saturated carbocycles. The van der Waals surface area contributed by atoms with E-state index in [1.54, 1.807) is 12.2 Å². The fourth-order valence-electron chi connectivity index (χ4n) is 2.27. The van der Waals surface area contributed by atoms with Gasteiger partial charge in [0.05, 0.1) is 6.07 Å². The third-order valence-electron chi connectivity index (χ3n) is 3.60. The number of aliphatic hydroxyl groups is 1. The van der Waals surface area contributed by atoms with Crippen molar-refractivity contribution >= 4 is 0 Å². The molecule has 0 radical (unpaired) electrons. The van der Waals surface area contributed by atoms with Crippen LogP contribution in [0, 0.1) is 31.1 Å². The van der Waals surface area contributed by atoms with E-state index in [4.69, 9.17) is 10.00 Å². The highest BCUT2D eigenvalue weighted by atomic mass is 16.5. The van der Waals surface area contributed by atoms with Gasteiger partial charge >= 0.3 is 0 Å². The van der Waals surface area contributed by atoms with Gasteiger partial charge in [-0.15, -0.1) is 0 Å². The maximum atomic E-state index is 10.7. The van der Waals surface area contributed by atoms with Crippen LogP contribution in [-0.2, 0) is 0 Å². The third kappa shape index (κ3) is 3.09. The summed E-state index contributed by atoms with van der Waals surface area (Å²) in [6.45, 7) is 4.12. The van der Waals surface area contributed by atoms with Gasteiger partial charge in [-0.2, -0.15) is 5.26 Å². The van der Waals surface area contributed by atoms with Crippen molar-refractivity contribution in [3.8, 4) is 11.8 Å². The molecule has 3 heteroatoms. The monoisotopic (exact) mass is 269 g/mol. The van der Waals surface area contributed by atoms with Crippen LogP contribution in [0.4, 0.5) is 0 Å². The number of allylic oxidation sites excluding steroid dienone is 2. The number of nitriles is 1. The molecular weight excluding hydrogens is 250 g/mol. The second-order valence-corrected chi connectivity index (χ2v) is 5.26. The van der Waals surface area contributed by atoms with Gasteiger partial charge in [-0.1, -0.05) is 30.4 Å². The van der Waals surface area contributed by atoms with Gasteiger partial charge in [0.25, 0.3) is 0 Å². The summed E-state index contributed by atoms with van der Waals surface area (Å²) >= 11 is 0. The van der Waals surface area contributed by atoms with Gasteiger partial charge in [0.1, 0.15) is 18.0 Å². The molecule has 1 aliphatic carbocycles. The summed E-state index contributed by atoms with van der Waals surface area (Å²) in [4.78, 5) is 0. The Hall–Kier alpha value is -2.05. The first-order chi connectivity index (χ1) is 9.55. The summed E-state index contributed by atoms with van der Waals surface area (Å²) in [5, 5.41) is 19.5. The summed E-state index contributed by atoms with van der Waals surface area (Å²) in [6, 6.07) is 8.09. The molecule has 1 aliphatic rings. The molecule has 2 unspecified atom stereocenters. The number of aryl methyl sites for hydroxylation is 2. The summed E-state index contributed by atoms with van der Waals surface area (Å²) in [5.41, 5.74) is 1.03. The maximum absolute atomic E-state index is 10.7. The highest BCUT2D eigenvalue weighted by Crippen LogP contribution is 2.29. The number of rotatable bonds is 4. The zero-order valence-electron chi connectivity index (χ0n) is 11.8. The van der Waals surface area contributed by atoms with E-state index >= 15 is 0 Å². The van der Waals surface area contributed by atoms with Crippen LogP contribution in [-0.4, -0.2) is 17.3 Å². The van der Waals surface area contributed by atoms with Crippen LogP contribution >= 0.6 is 0 Å². The molecule has 0 heterocycles. The molecule has 0 aromatic heterocycles. The standard InChI is InChI=1S/C17H19NO2/c1-13-6-7-14(2)16(11-13)20-12-17(19)9-4-3-5-15(17)8-10-18/h3-7,9,11,15,19H,8,12H2,1-2H3. The zero-order valence-corrected chi connectivity index (χ0v) is 11.8. The highest BCUT2D eigenvalue weighted by Gasteiger charge is 2.35. The van der Waals surface area contributed by atoms with E-state index in [1.807, 2.05) is 44.2 Å². The van der Waals surface area contributed by atoms with E-state index in [9.17, 15) is 5.11 Å². The number of nitrogens with zero attached hydrogens (tertiary/aromatic N) is 1. The second-order valence-electron chi connectivity index (χ2n) is 5.26. The van der Waals surface area contributed by atoms with Gasteiger partial charge in [0.2, 0.25) is 0 Å². The molecule has 0 saturated heterocycles. The van der Waals surface area contributed by atoms with Gasteiger partial charge < -0.3 is 9.84 Å². The maximum Gasteiger partial charge on any atom is 0.124 e. The molecule has 0 amide bonds. The Morgan fingerprint density at radius 1 is 1.35 bits per heavy atom. The normalized spacial score (nSPS) is 24.4. The average Bonchev–Trinajstić information content (AvgIpc) is 2.43. The Balaban J connectivity index is 2.12.